The topological polar surface area (TPSA) is 21.3 Å². The molecular formula is C14H21NO. The van der Waals surface area contributed by atoms with Crippen LogP contribution in [0.4, 0.5) is 0 Å². The van der Waals surface area contributed by atoms with E-state index in [1.165, 1.54) is 19.3 Å². The van der Waals surface area contributed by atoms with Crippen molar-refractivity contribution in [1.29, 1.82) is 0 Å². The lowest BCUT2D eigenvalue weighted by Crippen LogP contribution is -2.48. The summed E-state index contributed by atoms with van der Waals surface area (Å²) in [6, 6.07) is 10.0. The average Bonchev–Trinajstić information content (AvgIpc) is 2.28. The number of ether oxygens (including phenoxy) is 1. The zero-order valence-electron chi connectivity index (χ0n) is 10.0. The van der Waals surface area contributed by atoms with Crippen LogP contribution < -0.4 is 10.1 Å². The third-order valence-corrected chi connectivity index (χ3v) is 3.34. The third kappa shape index (κ3) is 3.24. The van der Waals surface area contributed by atoms with Gasteiger partial charge in [-0.15, -0.1) is 0 Å². The van der Waals surface area contributed by atoms with E-state index in [9.17, 15) is 0 Å². The van der Waals surface area contributed by atoms with Crippen LogP contribution in [-0.4, -0.2) is 18.7 Å². The SMILES string of the molecule is CC1(NCCCOc2ccccc2)CCC1. The van der Waals surface area contributed by atoms with Crippen LogP contribution in [0.5, 0.6) is 5.75 Å². The van der Waals surface area contributed by atoms with E-state index >= 15 is 0 Å². The van der Waals surface area contributed by atoms with Crippen LogP contribution in [0.3, 0.4) is 0 Å². The fourth-order valence-corrected chi connectivity index (χ4v) is 2.05. The third-order valence-electron chi connectivity index (χ3n) is 3.34. The van der Waals surface area contributed by atoms with Crippen LogP contribution >= 0.6 is 0 Å². The Kier molecular flexibility index (Phi) is 3.83. The van der Waals surface area contributed by atoms with Crippen molar-refractivity contribution >= 4 is 0 Å². The Hall–Kier alpha value is -1.02. The standard InChI is InChI=1S/C14H21NO/c1-14(9-5-10-14)15-11-6-12-16-13-7-3-2-4-8-13/h2-4,7-8,15H,5-6,9-12H2,1H3. The molecule has 0 heterocycles. The van der Waals surface area contributed by atoms with Gasteiger partial charge >= 0.3 is 0 Å². The van der Waals surface area contributed by atoms with E-state index in [1.54, 1.807) is 0 Å². The van der Waals surface area contributed by atoms with Crippen molar-refractivity contribution in [2.24, 2.45) is 0 Å². The summed E-state index contributed by atoms with van der Waals surface area (Å²) in [5.74, 6) is 0.970. The van der Waals surface area contributed by atoms with Gasteiger partial charge in [0.1, 0.15) is 5.75 Å². The zero-order chi connectivity index (χ0) is 11.3. The van der Waals surface area contributed by atoms with Crippen molar-refractivity contribution in [2.75, 3.05) is 13.2 Å². The first-order valence-corrected chi connectivity index (χ1v) is 6.21. The number of hydrogen-bond acceptors (Lipinski definition) is 2. The second-order valence-electron chi connectivity index (χ2n) is 4.86. The second-order valence-corrected chi connectivity index (χ2v) is 4.86. The maximum Gasteiger partial charge on any atom is 0.119 e. The number of para-hydroxylation sites is 1. The number of nitrogens with one attached hydrogen (secondary N) is 1. The molecule has 1 N–H and O–H groups in total. The van der Waals surface area contributed by atoms with E-state index in [-0.39, 0.29) is 0 Å². The molecule has 0 atom stereocenters. The fourth-order valence-electron chi connectivity index (χ4n) is 2.05. The summed E-state index contributed by atoms with van der Waals surface area (Å²) in [5, 5.41) is 3.60. The summed E-state index contributed by atoms with van der Waals surface area (Å²) in [7, 11) is 0. The summed E-state index contributed by atoms with van der Waals surface area (Å²) < 4.78 is 5.63. The molecule has 0 bridgehead atoms. The normalized spacial score (nSPS) is 17.8. The van der Waals surface area contributed by atoms with Crippen molar-refractivity contribution < 1.29 is 4.74 Å². The average molecular weight is 219 g/mol. The molecule has 0 amide bonds. The van der Waals surface area contributed by atoms with Gasteiger partial charge in [-0.2, -0.15) is 0 Å². The summed E-state index contributed by atoms with van der Waals surface area (Å²) in [6.45, 7) is 4.17. The molecule has 88 valence electrons. The smallest absolute Gasteiger partial charge is 0.119 e. The molecule has 16 heavy (non-hydrogen) atoms. The maximum atomic E-state index is 5.63. The summed E-state index contributed by atoms with van der Waals surface area (Å²) in [6.07, 6.45) is 5.10. The van der Waals surface area contributed by atoms with E-state index in [4.69, 9.17) is 4.74 Å². The van der Waals surface area contributed by atoms with Gasteiger partial charge in [0.15, 0.2) is 0 Å². The van der Waals surface area contributed by atoms with Crippen molar-refractivity contribution in [2.45, 2.75) is 38.1 Å². The predicted molar refractivity (Wildman–Crippen MR) is 66.8 cm³/mol. The molecule has 0 radical (unpaired) electrons. The van der Waals surface area contributed by atoms with Crippen LogP contribution in [0.15, 0.2) is 30.3 Å². The number of hydrogen-bond donors (Lipinski definition) is 1. The molecule has 1 aromatic carbocycles. The summed E-state index contributed by atoms with van der Waals surface area (Å²) in [4.78, 5) is 0. The highest BCUT2D eigenvalue weighted by Gasteiger charge is 2.30. The first-order valence-electron chi connectivity index (χ1n) is 6.21. The quantitative estimate of drug-likeness (QED) is 0.743. The van der Waals surface area contributed by atoms with Gasteiger partial charge in [0, 0.05) is 5.54 Å². The fraction of sp³-hybridized carbons (Fsp3) is 0.571. The molecule has 0 unspecified atom stereocenters. The molecule has 1 aliphatic carbocycles. The Morgan fingerprint density at radius 2 is 2.00 bits per heavy atom. The molecule has 0 spiro atoms. The van der Waals surface area contributed by atoms with Crippen LogP contribution in [0, 0.1) is 0 Å². The minimum absolute atomic E-state index is 0.423. The Balaban J connectivity index is 1.55. The maximum absolute atomic E-state index is 5.63. The monoisotopic (exact) mass is 219 g/mol. The minimum Gasteiger partial charge on any atom is -0.494 e. The van der Waals surface area contributed by atoms with Gasteiger partial charge in [0.2, 0.25) is 0 Å². The summed E-state index contributed by atoms with van der Waals surface area (Å²) in [5.41, 5.74) is 0.423. The van der Waals surface area contributed by atoms with E-state index in [1.807, 2.05) is 30.3 Å². The second kappa shape index (κ2) is 5.35. The largest absolute Gasteiger partial charge is 0.494 e. The molecule has 1 saturated carbocycles. The molecule has 1 fully saturated rings. The van der Waals surface area contributed by atoms with Crippen LogP contribution in [0.25, 0.3) is 0 Å². The van der Waals surface area contributed by atoms with Crippen LogP contribution in [0.1, 0.15) is 32.6 Å². The highest BCUT2D eigenvalue weighted by molar-refractivity contribution is 5.20. The molecule has 2 nitrogen and oxygen atoms in total. The van der Waals surface area contributed by atoms with Gasteiger partial charge in [-0.05, 0) is 51.3 Å². The van der Waals surface area contributed by atoms with E-state index in [2.05, 4.69) is 12.2 Å². The summed E-state index contributed by atoms with van der Waals surface area (Å²) >= 11 is 0. The Bertz CT molecular complexity index is 306. The Labute approximate surface area is 98.0 Å². The van der Waals surface area contributed by atoms with Gasteiger partial charge in [0.25, 0.3) is 0 Å². The lowest BCUT2D eigenvalue weighted by Gasteiger charge is -2.39. The van der Waals surface area contributed by atoms with Gasteiger partial charge in [-0.25, -0.2) is 0 Å². The Morgan fingerprint density at radius 3 is 2.62 bits per heavy atom. The molecule has 0 aliphatic heterocycles. The van der Waals surface area contributed by atoms with Gasteiger partial charge in [-0.3, -0.25) is 0 Å². The Morgan fingerprint density at radius 1 is 1.25 bits per heavy atom. The zero-order valence-corrected chi connectivity index (χ0v) is 10.0. The molecule has 2 rings (SSSR count). The first kappa shape index (κ1) is 11.5. The van der Waals surface area contributed by atoms with Crippen molar-refractivity contribution in [3.63, 3.8) is 0 Å². The predicted octanol–water partition coefficient (Wildman–Crippen LogP) is 2.99. The van der Waals surface area contributed by atoms with Gasteiger partial charge in [0.05, 0.1) is 6.61 Å². The molecule has 2 heteroatoms. The van der Waals surface area contributed by atoms with Crippen molar-refractivity contribution in [3.8, 4) is 5.75 Å². The van der Waals surface area contributed by atoms with E-state index < -0.39 is 0 Å². The van der Waals surface area contributed by atoms with E-state index in [0.717, 1.165) is 25.3 Å². The highest BCUT2D eigenvalue weighted by Crippen LogP contribution is 2.30. The molecule has 0 aromatic heterocycles. The lowest BCUT2D eigenvalue weighted by atomic mass is 9.78. The van der Waals surface area contributed by atoms with Crippen LogP contribution in [-0.2, 0) is 0 Å². The number of benzene rings is 1. The molecular weight excluding hydrogens is 198 g/mol. The van der Waals surface area contributed by atoms with E-state index in [0.29, 0.717) is 5.54 Å². The lowest BCUT2D eigenvalue weighted by molar-refractivity contribution is 0.201. The van der Waals surface area contributed by atoms with Crippen molar-refractivity contribution in [3.05, 3.63) is 30.3 Å². The molecule has 1 aliphatic rings. The molecule has 0 saturated heterocycles. The van der Waals surface area contributed by atoms with Gasteiger partial charge < -0.3 is 10.1 Å². The number of rotatable bonds is 6. The molecule has 1 aromatic rings. The van der Waals surface area contributed by atoms with Crippen molar-refractivity contribution in [1.82, 2.24) is 5.32 Å². The first-order chi connectivity index (χ1) is 7.79. The highest BCUT2D eigenvalue weighted by atomic mass is 16.5. The van der Waals surface area contributed by atoms with Crippen LogP contribution in [0.2, 0.25) is 0 Å². The van der Waals surface area contributed by atoms with Gasteiger partial charge in [-0.1, -0.05) is 18.2 Å². The minimum atomic E-state index is 0.423.